The molecular weight excluding hydrogens is 126 g/mol. The fourth-order valence-corrected chi connectivity index (χ4v) is 2.85. The second-order valence-corrected chi connectivity index (χ2v) is 3.78. The van der Waals surface area contributed by atoms with Crippen LogP contribution in [0.3, 0.4) is 0 Å². The van der Waals surface area contributed by atoms with Crippen LogP contribution in [0.1, 0.15) is 12.8 Å². The Morgan fingerprint density at radius 3 is 2.20 bits per heavy atom. The molecule has 56 valence electrons. The van der Waals surface area contributed by atoms with E-state index in [2.05, 4.69) is 5.32 Å². The quantitative estimate of drug-likeness (QED) is 0.524. The first kappa shape index (κ1) is 5.56. The Bertz CT molecular complexity index is 143. The van der Waals surface area contributed by atoms with Gasteiger partial charge in [-0.25, -0.2) is 0 Å². The summed E-state index contributed by atoms with van der Waals surface area (Å²) in [5.74, 6) is 1.75. The highest BCUT2D eigenvalue weighted by Crippen LogP contribution is 2.44. The van der Waals surface area contributed by atoms with Gasteiger partial charge in [0.05, 0.1) is 12.2 Å². The van der Waals surface area contributed by atoms with E-state index in [9.17, 15) is 0 Å². The second kappa shape index (κ2) is 1.74. The first-order valence-electron chi connectivity index (χ1n) is 4.31. The maximum absolute atomic E-state index is 5.80. The lowest BCUT2D eigenvalue weighted by atomic mass is 9.82. The van der Waals surface area contributed by atoms with Gasteiger partial charge in [-0.05, 0) is 12.8 Å². The van der Waals surface area contributed by atoms with Crippen molar-refractivity contribution in [2.75, 3.05) is 13.1 Å². The van der Waals surface area contributed by atoms with Gasteiger partial charge in [0, 0.05) is 24.9 Å². The molecule has 0 aromatic carbocycles. The molecule has 2 nitrogen and oxygen atoms in total. The SMILES string of the molecule is C1NC[C@H]2[C@@H]1[C@H]1CC[C@@H]2O1. The van der Waals surface area contributed by atoms with E-state index in [1.54, 1.807) is 0 Å². The summed E-state index contributed by atoms with van der Waals surface area (Å²) in [6.07, 6.45) is 3.91. The van der Waals surface area contributed by atoms with E-state index < -0.39 is 0 Å². The molecular formula is C8H13NO. The Hall–Kier alpha value is -0.0800. The van der Waals surface area contributed by atoms with Crippen molar-refractivity contribution in [3.05, 3.63) is 0 Å². The summed E-state index contributed by atoms with van der Waals surface area (Å²) >= 11 is 0. The summed E-state index contributed by atoms with van der Waals surface area (Å²) in [6.45, 7) is 2.43. The lowest BCUT2D eigenvalue weighted by molar-refractivity contribution is 0.0832. The number of hydrogen-bond donors (Lipinski definition) is 1. The van der Waals surface area contributed by atoms with Gasteiger partial charge in [0.1, 0.15) is 0 Å². The zero-order valence-electron chi connectivity index (χ0n) is 6.05. The van der Waals surface area contributed by atoms with Crippen LogP contribution in [0.15, 0.2) is 0 Å². The van der Waals surface area contributed by atoms with E-state index in [-0.39, 0.29) is 0 Å². The molecule has 3 rings (SSSR count). The number of nitrogens with one attached hydrogen (secondary N) is 1. The summed E-state index contributed by atoms with van der Waals surface area (Å²) < 4.78 is 5.80. The minimum absolute atomic E-state index is 0.630. The predicted molar refractivity (Wildman–Crippen MR) is 37.7 cm³/mol. The Morgan fingerprint density at radius 2 is 1.60 bits per heavy atom. The third-order valence-corrected chi connectivity index (χ3v) is 3.35. The number of fused-ring (bicyclic) bond motifs is 5. The van der Waals surface area contributed by atoms with Crippen molar-refractivity contribution in [1.82, 2.24) is 5.32 Å². The second-order valence-electron chi connectivity index (χ2n) is 3.78. The third kappa shape index (κ3) is 0.523. The highest BCUT2D eigenvalue weighted by Gasteiger charge is 2.50. The van der Waals surface area contributed by atoms with Crippen LogP contribution in [-0.4, -0.2) is 25.3 Å². The van der Waals surface area contributed by atoms with Crippen molar-refractivity contribution in [2.45, 2.75) is 25.0 Å². The van der Waals surface area contributed by atoms with Gasteiger partial charge in [0.2, 0.25) is 0 Å². The largest absolute Gasteiger partial charge is 0.374 e. The van der Waals surface area contributed by atoms with Gasteiger partial charge < -0.3 is 10.1 Å². The van der Waals surface area contributed by atoms with Crippen LogP contribution >= 0.6 is 0 Å². The van der Waals surface area contributed by atoms with Crippen molar-refractivity contribution < 1.29 is 4.74 Å². The standard InChI is InChI=1S/C8H13NO/c1-2-8-6-4-9-3-5(6)7(1)10-8/h5-9H,1-4H2/t5-,6+,7-,8+. The first-order valence-corrected chi connectivity index (χ1v) is 4.31. The van der Waals surface area contributed by atoms with Crippen molar-refractivity contribution in [3.8, 4) is 0 Å². The van der Waals surface area contributed by atoms with E-state index in [0.29, 0.717) is 12.2 Å². The van der Waals surface area contributed by atoms with Gasteiger partial charge in [0.15, 0.2) is 0 Å². The third-order valence-electron chi connectivity index (χ3n) is 3.35. The molecule has 3 aliphatic heterocycles. The average molecular weight is 139 g/mol. The van der Waals surface area contributed by atoms with Gasteiger partial charge in [0.25, 0.3) is 0 Å². The highest BCUT2D eigenvalue weighted by atomic mass is 16.5. The number of ether oxygens (including phenoxy) is 1. The van der Waals surface area contributed by atoms with Gasteiger partial charge in [-0.1, -0.05) is 0 Å². The van der Waals surface area contributed by atoms with Crippen LogP contribution in [0, 0.1) is 11.8 Å². The van der Waals surface area contributed by atoms with Gasteiger partial charge in [-0.2, -0.15) is 0 Å². The zero-order chi connectivity index (χ0) is 6.55. The molecule has 2 heteroatoms. The average Bonchev–Trinajstić information content (AvgIpc) is 2.60. The van der Waals surface area contributed by atoms with Gasteiger partial charge in [-0.3, -0.25) is 0 Å². The molecule has 1 N–H and O–H groups in total. The van der Waals surface area contributed by atoms with E-state index >= 15 is 0 Å². The Balaban J connectivity index is 1.92. The molecule has 0 spiro atoms. The molecule has 4 atom stereocenters. The van der Waals surface area contributed by atoms with Crippen LogP contribution in [0.4, 0.5) is 0 Å². The van der Waals surface area contributed by atoms with Crippen LogP contribution in [0.5, 0.6) is 0 Å². The molecule has 0 aromatic heterocycles. The number of hydrogen-bond acceptors (Lipinski definition) is 2. The van der Waals surface area contributed by atoms with Crippen molar-refractivity contribution in [2.24, 2.45) is 11.8 Å². The lowest BCUT2D eigenvalue weighted by Crippen LogP contribution is -2.24. The summed E-state index contributed by atoms with van der Waals surface area (Å²) in [4.78, 5) is 0. The smallest absolute Gasteiger partial charge is 0.0624 e. The molecule has 10 heavy (non-hydrogen) atoms. The Kier molecular flexibility index (Phi) is 0.968. The Morgan fingerprint density at radius 1 is 1.00 bits per heavy atom. The molecule has 0 aromatic rings. The maximum Gasteiger partial charge on any atom is 0.0624 e. The predicted octanol–water partition coefficient (Wildman–Crippen LogP) is 0.383. The van der Waals surface area contributed by atoms with E-state index in [0.717, 1.165) is 11.8 Å². The highest BCUT2D eigenvalue weighted by molar-refractivity contribution is 5.01. The lowest BCUT2D eigenvalue weighted by Gasteiger charge is -2.18. The monoisotopic (exact) mass is 139 g/mol. The van der Waals surface area contributed by atoms with Crippen LogP contribution in [-0.2, 0) is 4.74 Å². The van der Waals surface area contributed by atoms with Crippen LogP contribution in [0.25, 0.3) is 0 Å². The fraction of sp³-hybridized carbons (Fsp3) is 1.00. The molecule has 0 aliphatic carbocycles. The molecule has 0 radical (unpaired) electrons. The van der Waals surface area contributed by atoms with Gasteiger partial charge >= 0.3 is 0 Å². The summed E-state index contributed by atoms with van der Waals surface area (Å²) in [7, 11) is 0. The molecule has 3 fully saturated rings. The molecule has 3 saturated heterocycles. The minimum Gasteiger partial charge on any atom is -0.374 e. The summed E-state index contributed by atoms with van der Waals surface area (Å²) in [5.41, 5.74) is 0. The Labute approximate surface area is 60.9 Å². The zero-order valence-corrected chi connectivity index (χ0v) is 6.05. The minimum atomic E-state index is 0.630. The van der Waals surface area contributed by atoms with Gasteiger partial charge in [-0.15, -0.1) is 0 Å². The molecule has 2 bridgehead atoms. The summed E-state index contributed by atoms with van der Waals surface area (Å²) in [6, 6.07) is 0. The molecule has 3 heterocycles. The van der Waals surface area contributed by atoms with Crippen LogP contribution < -0.4 is 5.32 Å². The summed E-state index contributed by atoms with van der Waals surface area (Å²) in [5, 5.41) is 3.45. The van der Waals surface area contributed by atoms with E-state index in [1.165, 1.54) is 25.9 Å². The van der Waals surface area contributed by atoms with Crippen molar-refractivity contribution >= 4 is 0 Å². The first-order chi connectivity index (χ1) is 4.95. The number of rotatable bonds is 0. The molecule has 3 aliphatic rings. The maximum atomic E-state index is 5.80. The van der Waals surface area contributed by atoms with Crippen molar-refractivity contribution in [3.63, 3.8) is 0 Å². The van der Waals surface area contributed by atoms with Crippen molar-refractivity contribution in [1.29, 1.82) is 0 Å². The van der Waals surface area contributed by atoms with Crippen LogP contribution in [0.2, 0.25) is 0 Å². The topological polar surface area (TPSA) is 21.3 Å². The molecule has 0 saturated carbocycles. The van der Waals surface area contributed by atoms with E-state index in [4.69, 9.17) is 4.74 Å². The van der Waals surface area contributed by atoms with E-state index in [1.807, 2.05) is 0 Å². The fourth-order valence-electron chi connectivity index (χ4n) is 2.85. The normalized spacial score (nSPS) is 57.6. The molecule has 0 amide bonds. The molecule has 0 unspecified atom stereocenters.